The second-order valence-electron chi connectivity index (χ2n) is 15.3. The highest BCUT2D eigenvalue weighted by Crippen LogP contribution is 2.46. The van der Waals surface area contributed by atoms with Gasteiger partial charge < -0.3 is 30.3 Å². The number of benzene rings is 3. The minimum Gasteiger partial charge on any atom is -0.491 e. The van der Waals surface area contributed by atoms with E-state index in [1.54, 1.807) is 34.6 Å². The van der Waals surface area contributed by atoms with Crippen molar-refractivity contribution in [3.8, 4) is 16.9 Å². The molecule has 11 nitrogen and oxygen atoms in total. The molecule has 1 aliphatic carbocycles. The fraction of sp³-hybridized carbons (Fsp3) is 0.538. The summed E-state index contributed by atoms with van der Waals surface area (Å²) in [5.74, 6) is 0.333. The molecule has 1 saturated carbocycles. The first-order valence-electron chi connectivity index (χ1n) is 18.3. The van der Waals surface area contributed by atoms with Crippen molar-refractivity contribution < 1.29 is 36.5 Å². The predicted molar refractivity (Wildman–Crippen MR) is 200 cm³/mol. The maximum Gasteiger partial charge on any atom is 0.243 e. The molecule has 52 heavy (non-hydrogen) atoms. The third-order valence-electron chi connectivity index (χ3n) is 11.1. The fourth-order valence-electron chi connectivity index (χ4n) is 6.91. The Bertz CT molecular complexity index is 1910. The lowest BCUT2D eigenvalue weighted by atomic mass is 9.88. The van der Waals surface area contributed by atoms with Gasteiger partial charge in [0.15, 0.2) is 9.84 Å². The van der Waals surface area contributed by atoms with E-state index in [9.17, 15) is 27.0 Å². The maximum absolute atomic E-state index is 13.8. The Morgan fingerprint density at radius 1 is 0.942 bits per heavy atom. The lowest BCUT2D eigenvalue weighted by Gasteiger charge is -2.38. The van der Waals surface area contributed by atoms with Crippen molar-refractivity contribution in [1.82, 2.24) is 14.9 Å². The molecular formula is C39H53N3O8S2. The monoisotopic (exact) mass is 755 g/mol. The number of hydrogen-bond acceptors (Lipinski definition) is 10. The summed E-state index contributed by atoms with van der Waals surface area (Å²) in [7, 11) is -7.37. The number of sulfone groups is 1. The van der Waals surface area contributed by atoms with Crippen LogP contribution in [-0.4, -0.2) is 98.8 Å². The summed E-state index contributed by atoms with van der Waals surface area (Å²) < 4.78 is 65.8. The Balaban J connectivity index is 0.967. The number of rotatable bonds is 16. The number of aliphatic hydroxyl groups is 2. The summed E-state index contributed by atoms with van der Waals surface area (Å²) in [6.45, 7) is 8.29. The molecule has 3 aromatic rings. The van der Waals surface area contributed by atoms with Gasteiger partial charge in [-0.05, 0) is 99.4 Å². The van der Waals surface area contributed by atoms with Gasteiger partial charge in [0.25, 0.3) is 0 Å². The van der Waals surface area contributed by atoms with E-state index in [1.165, 1.54) is 17.7 Å². The van der Waals surface area contributed by atoms with Crippen LogP contribution in [-0.2, 0) is 31.1 Å². The van der Waals surface area contributed by atoms with Crippen LogP contribution >= 0.6 is 0 Å². The molecule has 4 N–H and O–H groups in total. The molecule has 2 aliphatic heterocycles. The van der Waals surface area contributed by atoms with Crippen LogP contribution in [0.15, 0.2) is 82.6 Å². The normalized spacial score (nSPS) is 20.9. The lowest BCUT2D eigenvalue weighted by Crippen LogP contribution is -2.47. The summed E-state index contributed by atoms with van der Waals surface area (Å²) >= 11 is 0. The first-order valence-corrected chi connectivity index (χ1v) is 21.2. The SMILES string of the molecule is CCC(C)(C)NCc1ccc(-c2cccc(S(=O)(=O)N3CCC4(CC3)C[C@H](NC[C@H](O)COc3cccc(S(=O)(=O)C5(CO)CC5)c3)CO4)c2)cc1. The van der Waals surface area contributed by atoms with Crippen LogP contribution < -0.4 is 15.4 Å². The van der Waals surface area contributed by atoms with E-state index in [2.05, 4.69) is 43.5 Å². The van der Waals surface area contributed by atoms with Crippen LogP contribution in [0.5, 0.6) is 5.75 Å². The molecule has 0 unspecified atom stereocenters. The average molecular weight is 756 g/mol. The second-order valence-corrected chi connectivity index (χ2v) is 19.6. The van der Waals surface area contributed by atoms with Gasteiger partial charge in [0.2, 0.25) is 10.0 Å². The minimum absolute atomic E-state index is 0.00326. The third-order valence-corrected chi connectivity index (χ3v) is 15.6. The number of hydrogen-bond donors (Lipinski definition) is 4. The predicted octanol–water partition coefficient (Wildman–Crippen LogP) is 4.27. The van der Waals surface area contributed by atoms with Gasteiger partial charge in [-0.1, -0.05) is 49.4 Å². The van der Waals surface area contributed by atoms with Gasteiger partial charge in [0, 0.05) is 37.8 Å². The quantitative estimate of drug-likeness (QED) is 0.167. The summed E-state index contributed by atoms with van der Waals surface area (Å²) in [6, 6.07) is 21.6. The second kappa shape index (κ2) is 15.5. The molecular weight excluding hydrogens is 703 g/mol. The van der Waals surface area contributed by atoms with E-state index in [0.29, 0.717) is 57.6 Å². The molecule has 6 rings (SSSR count). The number of sulfonamides is 1. The number of nitrogens with one attached hydrogen (secondary N) is 2. The topological polar surface area (TPSA) is 154 Å². The van der Waals surface area contributed by atoms with Gasteiger partial charge in [-0.15, -0.1) is 0 Å². The van der Waals surface area contributed by atoms with Crippen molar-refractivity contribution in [2.75, 3.05) is 39.5 Å². The molecule has 3 aromatic carbocycles. The zero-order valence-electron chi connectivity index (χ0n) is 30.4. The maximum atomic E-state index is 13.8. The van der Waals surface area contributed by atoms with E-state index in [1.807, 2.05) is 18.2 Å². The van der Waals surface area contributed by atoms with Crippen molar-refractivity contribution in [2.24, 2.45) is 0 Å². The van der Waals surface area contributed by atoms with E-state index in [0.717, 1.165) is 24.1 Å². The Kier molecular flexibility index (Phi) is 11.5. The van der Waals surface area contributed by atoms with Crippen molar-refractivity contribution in [3.05, 3.63) is 78.4 Å². The van der Waals surface area contributed by atoms with Gasteiger partial charge in [-0.25, -0.2) is 16.8 Å². The van der Waals surface area contributed by atoms with Crippen LogP contribution in [0.25, 0.3) is 11.1 Å². The van der Waals surface area contributed by atoms with E-state index >= 15 is 0 Å². The highest BCUT2D eigenvalue weighted by atomic mass is 32.2. The van der Waals surface area contributed by atoms with Crippen molar-refractivity contribution in [1.29, 1.82) is 0 Å². The molecule has 284 valence electrons. The fourth-order valence-corrected chi connectivity index (χ4v) is 10.2. The van der Waals surface area contributed by atoms with Crippen LogP contribution in [0.3, 0.4) is 0 Å². The summed E-state index contributed by atoms with van der Waals surface area (Å²) in [6.07, 6.45) is 2.92. The van der Waals surface area contributed by atoms with Gasteiger partial charge >= 0.3 is 0 Å². The summed E-state index contributed by atoms with van der Waals surface area (Å²) in [5.41, 5.74) is 2.64. The molecule has 3 aliphatic rings. The van der Waals surface area contributed by atoms with E-state index in [-0.39, 0.29) is 34.5 Å². The van der Waals surface area contributed by atoms with Gasteiger partial charge in [0.05, 0.1) is 33.4 Å². The van der Waals surface area contributed by atoms with Gasteiger partial charge in [-0.3, -0.25) is 0 Å². The molecule has 0 radical (unpaired) electrons. The molecule has 0 bridgehead atoms. The summed E-state index contributed by atoms with van der Waals surface area (Å²) in [4.78, 5) is 0.385. The molecule has 13 heteroatoms. The summed E-state index contributed by atoms with van der Waals surface area (Å²) in [5, 5.41) is 27.1. The van der Waals surface area contributed by atoms with Crippen molar-refractivity contribution >= 4 is 19.9 Å². The smallest absolute Gasteiger partial charge is 0.243 e. The lowest BCUT2D eigenvalue weighted by molar-refractivity contribution is -0.0312. The van der Waals surface area contributed by atoms with Crippen LogP contribution in [0.2, 0.25) is 0 Å². The molecule has 3 fully saturated rings. The van der Waals surface area contributed by atoms with Crippen LogP contribution in [0, 0.1) is 0 Å². The molecule has 2 saturated heterocycles. The molecule has 1 spiro atoms. The van der Waals surface area contributed by atoms with E-state index < -0.39 is 42.9 Å². The van der Waals surface area contributed by atoms with Crippen LogP contribution in [0.4, 0.5) is 0 Å². The minimum atomic E-state index is -3.70. The third kappa shape index (κ3) is 8.57. The number of nitrogens with zero attached hydrogens (tertiary/aromatic N) is 1. The van der Waals surface area contributed by atoms with Gasteiger partial charge in [-0.2, -0.15) is 4.31 Å². The van der Waals surface area contributed by atoms with E-state index in [4.69, 9.17) is 9.47 Å². The van der Waals surface area contributed by atoms with Crippen LogP contribution in [0.1, 0.15) is 64.9 Å². The van der Waals surface area contributed by atoms with Crippen molar-refractivity contribution in [2.45, 2.75) is 104 Å². The Labute approximate surface area is 308 Å². The zero-order valence-corrected chi connectivity index (χ0v) is 32.0. The Morgan fingerprint density at radius 3 is 2.31 bits per heavy atom. The highest BCUT2D eigenvalue weighted by Gasteiger charge is 2.54. The average Bonchev–Trinajstić information content (AvgIpc) is 3.88. The first-order chi connectivity index (χ1) is 24.7. The Hall–Kier alpha value is -2.88. The number of aliphatic hydroxyl groups excluding tert-OH is 2. The Morgan fingerprint density at radius 2 is 1.63 bits per heavy atom. The number of piperidine rings is 1. The first kappa shape index (κ1) is 38.8. The molecule has 0 aromatic heterocycles. The molecule has 0 amide bonds. The zero-order chi connectivity index (χ0) is 37.2. The number of ether oxygens (including phenoxy) is 2. The largest absolute Gasteiger partial charge is 0.491 e. The highest BCUT2D eigenvalue weighted by molar-refractivity contribution is 7.93. The molecule has 2 atom stereocenters. The standard InChI is InChI=1S/C39H53N3O8S2/c1-4-37(2,3)41-24-29-11-13-30(14-12-29)31-7-5-10-36(21-31)52(47,48)42-19-17-38(18-20-42)23-32(26-50-38)40-25-33(44)27-49-34-8-6-9-35(22-34)51(45,46)39(28-43)15-16-39/h5-14,21-22,32-33,40-41,43-44H,4,15-20,23-28H2,1-3H3/t32-,33-/m0/s1. The molecule has 2 heterocycles. The van der Waals surface area contributed by atoms with Gasteiger partial charge in [0.1, 0.15) is 18.5 Å². The van der Waals surface area contributed by atoms with Crippen molar-refractivity contribution in [3.63, 3.8) is 0 Å².